The van der Waals surface area contributed by atoms with Gasteiger partial charge in [-0.2, -0.15) is 13.2 Å². The molecule has 0 saturated heterocycles. The predicted octanol–water partition coefficient (Wildman–Crippen LogP) is 3.53. The zero-order valence-electron chi connectivity index (χ0n) is 10.5. The molecule has 3 N–H and O–H groups in total. The van der Waals surface area contributed by atoms with Crippen molar-refractivity contribution in [1.82, 2.24) is 4.98 Å². The van der Waals surface area contributed by atoms with Crippen LogP contribution in [0, 0.1) is 0 Å². The molecule has 0 bridgehead atoms. The SMILES string of the molecule is Nc1ccc(C(=O)Nc2ccccc2SC(F)(F)F)nc1. The molecule has 1 amide bonds. The van der Waals surface area contributed by atoms with Gasteiger partial charge in [0, 0.05) is 4.90 Å². The summed E-state index contributed by atoms with van der Waals surface area (Å²) >= 11 is -0.288. The van der Waals surface area contributed by atoms with E-state index in [-0.39, 0.29) is 28.0 Å². The summed E-state index contributed by atoms with van der Waals surface area (Å²) in [5, 5.41) is 2.41. The Hall–Kier alpha value is -2.22. The van der Waals surface area contributed by atoms with Gasteiger partial charge in [-0.05, 0) is 36.0 Å². The zero-order chi connectivity index (χ0) is 15.5. The van der Waals surface area contributed by atoms with Crippen molar-refractivity contribution >= 4 is 29.0 Å². The summed E-state index contributed by atoms with van der Waals surface area (Å²) in [4.78, 5) is 15.7. The fourth-order valence-corrected chi connectivity index (χ4v) is 2.13. The van der Waals surface area contributed by atoms with Gasteiger partial charge in [-0.25, -0.2) is 4.98 Å². The van der Waals surface area contributed by atoms with Crippen LogP contribution in [-0.4, -0.2) is 16.4 Å². The van der Waals surface area contributed by atoms with Crippen LogP contribution in [0.2, 0.25) is 0 Å². The third-order valence-corrected chi connectivity index (χ3v) is 3.19. The van der Waals surface area contributed by atoms with E-state index in [4.69, 9.17) is 5.73 Å². The fourth-order valence-electron chi connectivity index (χ4n) is 1.51. The number of benzene rings is 1. The van der Waals surface area contributed by atoms with E-state index >= 15 is 0 Å². The molecular formula is C13H10F3N3OS. The van der Waals surface area contributed by atoms with Crippen molar-refractivity contribution in [3.8, 4) is 0 Å². The lowest BCUT2D eigenvalue weighted by Crippen LogP contribution is -2.14. The molecule has 1 aromatic heterocycles. The molecule has 0 spiro atoms. The molecule has 1 aromatic carbocycles. The van der Waals surface area contributed by atoms with E-state index in [1.165, 1.54) is 42.6 Å². The number of hydrogen-bond donors (Lipinski definition) is 2. The molecule has 1 heterocycles. The van der Waals surface area contributed by atoms with Crippen molar-refractivity contribution < 1.29 is 18.0 Å². The van der Waals surface area contributed by atoms with Gasteiger partial charge < -0.3 is 11.1 Å². The van der Waals surface area contributed by atoms with Gasteiger partial charge in [-0.1, -0.05) is 12.1 Å². The second-order valence-corrected chi connectivity index (χ2v) is 5.08. The van der Waals surface area contributed by atoms with Crippen LogP contribution in [0.4, 0.5) is 24.5 Å². The normalized spacial score (nSPS) is 11.2. The molecule has 2 rings (SSSR count). The van der Waals surface area contributed by atoms with Crippen LogP contribution in [0.15, 0.2) is 47.5 Å². The molecule has 0 aliphatic rings. The lowest BCUT2D eigenvalue weighted by atomic mass is 10.3. The number of alkyl halides is 3. The molecule has 0 aliphatic heterocycles. The number of amides is 1. The average molecular weight is 313 g/mol. The van der Waals surface area contributed by atoms with Crippen molar-refractivity contribution in [2.75, 3.05) is 11.1 Å². The number of nitrogens with zero attached hydrogens (tertiary/aromatic N) is 1. The summed E-state index contributed by atoms with van der Waals surface area (Å²) < 4.78 is 37.4. The first kappa shape index (κ1) is 15.2. The molecule has 0 aliphatic carbocycles. The van der Waals surface area contributed by atoms with Crippen LogP contribution in [0.5, 0.6) is 0 Å². The Morgan fingerprint density at radius 1 is 1.19 bits per heavy atom. The van der Waals surface area contributed by atoms with Gasteiger partial charge in [0.05, 0.1) is 17.6 Å². The smallest absolute Gasteiger partial charge is 0.397 e. The number of pyridine rings is 1. The Morgan fingerprint density at radius 2 is 1.90 bits per heavy atom. The largest absolute Gasteiger partial charge is 0.446 e. The van der Waals surface area contributed by atoms with E-state index < -0.39 is 11.4 Å². The molecule has 110 valence electrons. The number of nitrogen functional groups attached to an aromatic ring is 1. The number of nitrogens with two attached hydrogens (primary N) is 1. The number of hydrogen-bond acceptors (Lipinski definition) is 4. The van der Waals surface area contributed by atoms with Crippen molar-refractivity contribution in [3.63, 3.8) is 0 Å². The standard InChI is InChI=1S/C13H10F3N3OS/c14-13(15,16)21-11-4-2-1-3-9(11)19-12(20)10-6-5-8(17)7-18-10/h1-7H,17H2,(H,19,20). The summed E-state index contributed by atoms with van der Waals surface area (Å²) in [6, 6.07) is 8.55. The molecule has 21 heavy (non-hydrogen) atoms. The Balaban J connectivity index is 2.19. The summed E-state index contributed by atoms with van der Waals surface area (Å²) in [6.45, 7) is 0. The Kier molecular flexibility index (Phi) is 4.37. The van der Waals surface area contributed by atoms with E-state index in [1.807, 2.05) is 0 Å². The van der Waals surface area contributed by atoms with E-state index in [0.29, 0.717) is 5.69 Å². The third-order valence-electron chi connectivity index (χ3n) is 2.38. The number of nitrogens with one attached hydrogen (secondary N) is 1. The highest BCUT2D eigenvalue weighted by molar-refractivity contribution is 8.00. The van der Waals surface area contributed by atoms with Gasteiger partial charge in [-0.15, -0.1) is 0 Å². The molecule has 0 atom stereocenters. The van der Waals surface area contributed by atoms with Crippen LogP contribution in [0.25, 0.3) is 0 Å². The number of anilines is 2. The van der Waals surface area contributed by atoms with Gasteiger partial charge in [0.15, 0.2) is 0 Å². The van der Waals surface area contributed by atoms with Crippen LogP contribution >= 0.6 is 11.8 Å². The van der Waals surface area contributed by atoms with Crippen LogP contribution < -0.4 is 11.1 Å². The molecule has 4 nitrogen and oxygen atoms in total. The van der Waals surface area contributed by atoms with Crippen LogP contribution in [0.1, 0.15) is 10.5 Å². The van der Waals surface area contributed by atoms with Gasteiger partial charge in [0.1, 0.15) is 5.69 Å². The lowest BCUT2D eigenvalue weighted by molar-refractivity contribution is -0.0328. The van der Waals surface area contributed by atoms with Gasteiger partial charge in [0.2, 0.25) is 0 Å². The van der Waals surface area contributed by atoms with Crippen molar-refractivity contribution in [3.05, 3.63) is 48.3 Å². The van der Waals surface area contributed by atoms with E-state index in [0.717, 1.165) is 0 Å². The minimum atomic E-state index is -4.43. The molecule has 8 heteroatoms. The summed E-state index contributed by atoms with van der Waals surface area (Å²) in [7, 11) is 0. The maximum Gasteiger partial charge on any atom is 0.446 e. The lowest BCUT2D eigenvalue weighted by Gasteiger charge is -2.11. The summed E-state index contributed by atoms with van der Waals surface area (Å²) in [6.07, 6.45) is 1.30. The van der Waals surface area contributed by atoms with Crippen LogP contribution in [0.3, 0.4) is 0 Å². The predicted molar refractivity (Wildman–Crippen MR) is 75.0 cm³/mol. The number of thioether (sulfide) groups is 1. The summed E-state index contributed by atoms with van der Waals surface area (Å²) in [5.74, 6) is -0.606. The Bertz CT molecular complexity index is 644. The molecule has 0 saturated carbocycles. The van der Waals surface area contributed by atoms with Crippen molar-refractivity contribution in [1.29, 1.82) is 0 Å². The molecule has 0 radical (unpaired) electrons. The second kappa shape index (κ2) is 6.04. The van der Waals surface area contributed by atoms with Gasteiger partial charge >= 0.3 is 5.51 Å². The fraction of sp³-hybridized carbons (Fsp3) is 0.0769. The summed E-state index contributed by atoms with van der Waals surface area (Å²) in [5.41, 5.74) is 1.55. The van der Waals surface area contributed by atoms with E-state index in [9.17, 15) is 18.0 Å². The molecule has 0 unspecified atom stereocenters. The second-order valence-electron chi connectivity index (χ2n) is 3.97. The highest BCUT2D eigenvalue weighted by Crippen LogP contribution is 2.40. The first-order valence-electron chi connectivity index (χ1n) is 5.73. The van der Waals surface area contributed by atoms with Crippen molar-refractivity contribution in [2.45, 2.75) is 10.4 Å². The topological polar surface area (TPSA) is 68.0 Å². The van der Waals surface area contributed by atoms with E-state index in [1.54, 1.807) is 0 Å². The number of carbonyl (C=O) groups excluding carboxylic acids is 1. The minimum absolute atomic E-state index is 0.0658. The van der Waals surface area contributed by atoms with E-state index in [2.05, 4.69) is 10.3 Å². The first-order valence-corrected chi connectivity index (χ1v) is 6.54. The highest BCUT2D eigenvalue weighted by Gasteiger charge is 2.30. The number of halogens is 3. The number of para-hydroxylation sites is 1. The van der Waals surface area contributed by atoms with Crippen molar-refractivity contribution in [2.24, 2.45) is 0 Å². The molecular weight excluding hydrogens is 303 g/mol. The monoisotopic (exact) mass is 313 g/mol. The zero-order valence-corrected chi connectivity index (χ0v) is 11.3. The Labute approximate surface area is 122 Å². The third kappa shape index (κ3) is 4.38. The first-order chi connectivity index (χ1) is 9.85. The average Bonchev–Trinajstić information content (AvgIpc) is 2.40. The molecule has 2 aromatic rings. The van der Waals surface area contributed by atoms with Gasteiger partial charge in [0.25, 0.3) is 5.91 Å². The molecule has 0 fully saturated rings. The highest BCUT2D eigenvalue weighted by atomic mass is 32.2. The van der Waals surface area contributed by atoms with Gasteiger partial charge in [-0.3, -0.25) is 4.79 Å². The Morgan fingerprint density at radius 3 is 2.52 bits per heavy atom. The maximum atomic E-state index is 12.5. The number of carbonyl (C=O) groups is 1. The maximum absolute atomic E-state index is 12.5. The minimum Gasteiger partial charge on any atom is -0.397 e. The quantitative estimate of drug-likeness (QED) is 0.851. The van der Waals surface area contributed by atoms with Crippen LogP contribution in [-0.2, 0) is 0 Å². The number of rotatable bonds is 3. The number of aromatic nitrogens is 1.